The molecule has 29 heavy (non-hydrogen) atoms. The van der Waals surface area contributed by atoms with Gasteiger partial charge in [-0.1, -0.05) is 48.5 Å². The normalized spacial score (nSPS) is 18.0. The van der Waals surface area contributed by atoms with Gasteiger partial charge in [0.2, 0.25) is 5.88 Å². The van der Waals surface area contributed by atoms with E-state index in [1.165, 1.54) is 5.69 Å². The monoisotopic (exact) mass is 415 g/mol. The van der Waals surface area contributed by atoms with E-state index in [4.69, 9.17) is 22.7 Å². The molecule has 2 aliphatic rings. The van der Waals surface area contributed by atoms with Crippen LogP contribution in [0.5, 0.6) is 0 Å². The van der Waals surface area contributed by atoms with Crippen molar-refractivity contribution >= 4 is 29.1 Å². The fourth-order valence-electron chi connectivity index (χ4n) is 4.14. The minimum Gasteiger partial charge on any atom is -0.444 e. The summed E-state index contributed by atoms with van der Waals surface area (Å²) in [5, 5.41) is 9.86. The van der Waals surface area contributed by atoms with Crippen LogP contribution in [0.25, 0.3) is 11.3 Å². The van der Waals surface area contributed by atoms with Crippen molar-refractivity contribution in [2.45, 2.75) is 18.8 Å². The number of benzene rings is 2. The van der Waals surface area contributed by atoms with Gasteiger partial charge >= 0.3 is 0 Å². The number of rotatable bonds is 2. The molecule has 1 aliphatic carbocycles. The van der Waals surface area contributed by atoms with Crippen LogP contribution >= 0.6 is 23.6 Å². The van der Waals surface area contributed by atoms with Gasteiger partial charge in [-0.05, 0) is 36.3 Å². The second kappa shape index (κ2) is 7.03. The van der Waals surface area contributed by atoms with Gasteiger partial charge in [-0.15, -0.1) is 11.3 Å². The molecule has 0 fully saturated rings. The third kappa shape index (κ3) is 2.82. The first-order valence-corrected chi connectivity index (χ1v) is 10.6. The van der Waals surface area contributed by atoms with Crippen LogP contribution in [0, 0.1) is 15.3 Å². The molecular formula is C23H17N3OS2. The maximum absolute atomic E-state index is 9.86. The Morgan fingerprint density at radius 1 is 1.07 bits per heavy atom. The van der Waals surface area contributed by atoms with Gasteiger partial charge in [0.05, 0.1) is 10.8 Å². The standard InChI is InChI=1S/C23H17N3OS2/c24-13-16-19(14-7-3-1-4-8-14)20-18(27-22(16)25)12-11-17-21(20)29-23(28)26(17)15-9-5-2-6-10-15/h1-10,19H,11-12,25H2. The molecule has 6 heteroatoms. The van der Waals surface area contributed by atoms with E-state index in [2.05, 4.69) is 22.8 Å². The van der Waals surface area contributed by atoms with Crippen molar-refractivity contribution in [3.8, 4) is 11.8 Å². The first-order chi connectivity index (χ1) is 14.2. The molecule has 0 saturated heterocycles. The van der Waals surface area contributed by atoms with Gasteiger partial charge in [0.1, 0.15) is 17.4 Å². The molecule has 2 heterocycles. The topological polar surface area (TPSA) is 64.0 Å². The first-order valence-electron chi connectivity index (χ1n) is 9.35. The number of para-hydroxylation sites is 1. The lowest BCUT2D eigenvalue weighted by atomic mass is 9.79. The molecule has 3 aromatic rings. The van der Waals surface area contributed by atoms with Crippen LogP contribution in [0.1, 0.15) is 28.5 Å². The summed E-state index contributed by atoms with van der Waals surface area (Å²) in [4.78, 5) is 1.09. The SMILES string of the molecule is N#CC1=C(N)OC2=C(c3sc(=S)n(-c4ccccc4)c3CC2)C1c1ccccc1. The van der Waals surface area contributed by atoms with Gasteiger partial charge in [-0.25, -0.2) is 0 Å². The minimum atomic E-state index is -0.249. The zero-order chi connectivity index (χ0) is 20.0. The van der Waals surface area contributed by atoms with E-state index < -0.39 is 0 Å². The highest BCUT2D eigenvalue weighted by atomic mass is 32.1. The van der Waals surface area contributed by atoms with Gasteiger partial charge in [0.15, 0.2) is 3.95 Å². The van der Waals surface area contributed by atoms with Crippen molar-refractivity contribution in [1.82, 2.24) is 4.57 Å². The summed E-state index contributed by atoms with van der Waals surface area (Å²) in [6.45, 7) is 0. The summed E-state index contributed by atoms with van der Waals surface area (Å²) < 4.78 is 8.88. The van der Waals surface area contributed by atoms with Crippen LogP contribution in [-0.4, -0.2) is 4.57 Å². The van der Waals surface area contributed by atoms with E-state index in [-0.39, 0.29) is 11.8 Å². The zero-order valence-corrected chi connectivity index (χ0v) is 17.1. The largest absolute Gasteiger partial charge is 0.444 e. The lowest BCUT2D eigenvalue weighted by Gasteiger charge is -2.32. The predicted octanol–water partition coefficient (Wildman–Crippen LogP) is 5.43. The van der Waals surface area contributed by atoms with E-state index >= 15 is 0 Å². The van der Waals surface area contributed by atoms with Crippen molar-refractivity contribution in [3.63, 3.8) is 0 Å². The fraction of sp³-hybridized carbons (Fsp3) is 0.130. The van der Waals surface area contributed by atoms with Crippen molar-refractivity contribution in [2.24, 2.45) is 5.73 Å². The molecule has 0 spiro atoms. The summed E-state index contributed by atoms with van der Waals surface area (Å²) in [6.07, 6.45) is 1.54. The molecule has 2 aromatic carbocycles. The first kappa shape index (κ1) is 17.9. The average molecular weight is 416 g/mol. The second-order valence-electron chi connectivity index (χ2n) is 6.99. The van der Waals surface area contributed by atoms with Crippen LogP contribution in [0.2, 0.25) is 0 Å². The van der Waals surface area contributed by atoms with E-state index in [9.17, 15) is 5.26 Å². The van der Waals surface area contributed by atoms with Crippen LogP contribution < -0.4 is 5.73 Å². The van der Waals surface area contributed by atoms with Crippen molar-refractivity contribution < 1.29 is 4.74 Å². The summed E-state index contributed by atoms with van der Waals surface area (Å²) in [5.41, 5.74) is 10.9. The third-order valence-electron chi connectivity index (χ3n) is 5.38. The summed E-state index contributed by atoms with van der Waals surface area (Å²) in [6, 6.07) is 22.5. The number of thiazole rings is 1. The smallest absolute Gasteiger partial charge is 0.205 e. The average Bonchev–Trinajstić information content (AvgIpc) is 3.09. The van der Waals surface area contributed by atoms with Gasteiger partial charge < -0.3 is 10.5 Å². The number of ether oxygens (including phenoxy) is 1. The Kier molecular flexibility index (Phi) is 4.35. The van der Waals surface area contributed by atoms with E-state index in [0.717, 1.165) is 44.3 Å². The number of aromatic nitrogens is 1. The third-order valence-corrected chi connectivity index (χ3v) is 6.83. The Bertz CT molecular complexity index is 1260. The van der Waals surface area contributed by atoms with Crippen molar-refractivity contribution in [3.05, 3.63) is 98.0 Å². The molecule has 0 bridgehead atoms. The predicted molar refractivity (Wildman–Crippen MR) is 117 cm³/mol. The molecule has 1 atom stereocenters. The van der Waals surface area contributed by atoms with E-state index in [1.54, 1.807) is 11.3 Å². The maximum atomic E-state index is 9.86. The number of nitrogens with two attached hydrogens (primary N) is 1. The van der Waals surface area contributed by atoms with Gasteiger partial charge in [-0.2, -0.15) is 5.26 Å². The zero-order valence-electron chi connectivity index (χ0n) is 15.5. The number of hydrogen-bond acceptors (Lipinski definition) is 5. The Labute approximate surface area is 177 Å². The van der Waals surface area contributed by atoms with Crippen LogP contribution in [0.15, 0.2) is 77.9 Å². The summed E-state index contributed by atoms with van der Waals surface area (Å²) in [7, 11) is 0. The highest BCUT2D eigenvalue weighted by molar-refractivity contribution is 7.73. The maximum Gasteiger partial charge on any atom is 0.205 e. The van der Waals surface area contributed by atoms with E-state index in [0.29, 0.717) is 5.57 Å². The Balaban J connectivity index is 1.75. The Morgan fingerprint density at radius 3 is 2.45 bits per heavy atom. The number of hydrogen-bond donors (Lipinski definition) is 1. The molecule has 142 valence electrons. The van der Waals surface area contributed by atoms with E-state index in [1.807, 2.05) is 48.5 Å². The number of fused-ring (bicyclic) bond motifs is 2. The highest BCUT2D eigenvalue weighted by Gasteiger charge is 2.38. The second-order valence-corrected chi connectivity index (χ2v) is 8.63. The molecule has 1 aromatic heterocycles. The van der Waals surface area contributed by atoms with Gasteiger partial charge in [0.25, 0.3) is 0 Å². The van der Waals surface area contributed by atoms with Crippen molar-refractivity contribution in [2.75, 3.05) is 0 Å². The molecule has 5 rings (SSSR count). The van der Waals surface area contributed by atoms with Crippen LogP contribution in [0.4, 0.5) is 0 Å². The number of nitriles is 1. The lowest BCUT2D eigenvalue weighted by molar-refractivity contribution is 0.273. The summed E-state index contributed by atoms with van der Waals surface area (Å²) >= 11 is 7.33. The summed E-state index contributed by atoms with van der Waals surface area (Å²) in [5.74, 6) is 0.801. The van der Waals surface area contributed by atoms with Gasteiger partial charge in [0, 0.05) is 23.4 Å². The Hall–Kier alpha value is -3.14. The minimum absolute atomic E-state index is 0.203. The molecule has 0 radical (unpaired) electrons. The molecule has 1 unspecified atom stereocenters. The molecule has 0 amide bonds. The molecular weight excluding hydrogens is 398 g/mol. The molecule has 4 nitrogen and oxygen atoms in total. The van der Waals surface area contributed by atoms with Crippen LogP contribution in [-0.2, 0) is 11.2 Å². The van der Waals surface area contributed by atoms with Crippen LogP contribution in [0.3, 0.4) is 0 Å². The van der Waals surface area contributed by atoms with Gasteiger partial charge in [-0.3, -0.25) is 4.57 Å². The molecule has 1 aliphatic heterocycles. The number of allylic oxidation sites excluding steroid dienone is 3. The highest BCUT2D eigenvalue weighted by Crippen LogP contribution is 2.50. The molecule has 2 N–H and O–H groups in total. The fourth-order valence-corrected chi connectivity index (χ4v) is 5.74. The quantitative estimate of drug-likeness (QED) is 0.567. The molecule has 0 saturated carbocycles. The van der Waals surface area contributed by atoms with Crippen molar-refractivity contribution in [1.29, 1.82) is 5.26 Å². The Morgan fingerprint density at radius 2 is 1.76 bits per heavy atom. The number of nitrogens with zero attached hydrogens (tertiary/aromatic N) is 2. The lowest BCUT2D eigenvalue weighted by Crippen LogP contribution is -2.23.